The minimum absolute atomic E-state index is 0.179. The van der Waals surface area contributed by atoms with Gasteiger partial charge in [-0.25, -0.2) is 19.2 Å². The molecule has 1 aromatic carbocycles. The van der Waals surface area contributed by atoms with Crippen LogP contribution in [0.4, 0.5) is 4.39 Å². The quantitative estimate of drug-likeness (QED) is 0.801. The standard InChI is InChI=1S/C13H7FN2O3S/c14-10-5-7(1-2-8(10)13(17)18)19-11-9-3-4-20-12(9)16-6-15-11/h1-6H,(H,17,18). The molecule has 0 radical (unpaired) electrons. The van der Waals surface area contributed by atoms with E-state index in [-0.39, 0.29) is 5.75 Å². The van der Waals surface area contributed by atoms with Gasteiger partial charge in [0.2, 0.25) is 5.88 Å². The van der Waals surface area contributed by atoms with E-state index in [1.54, 1.807) is 6.07 Å². The van der Waals surface area contributed by atoms with Crippen LogP contribution in [0.5, 0.6) is 11.6 Å². The van der Waals surface area contributed by atoms with Crippen LogP contribution in [0.15, 0.2) is 36.0 Å². The molecule has 100 valence electrons. The molecule has 5 nitrogen and oxygen atoms in total. The Morgan fingerprint density at radius 2 is 2.15 bits per heavy atom. The molecule has 2 aromatic heterocycles. The highest BCUT2D eigenvalue weighted by Gasteiger charge is 2.12. The van der Waals surface area contributed by atoms with Gasteiger partial charge in [-0.15, -0.1) is 11.3 Å². The Bertz CT molecular complexity index is 803. The number of fused-ring (bicyclic) bond motifs is 1. The number of carboxylic acid groups (broad SMARTS) is 1. The number of nitrogens with zero attached hydrogens (tertiary/aromatic N) is 2. The molecule has 0 unspecified atom stereocenters. The van der Waals surface area contributed by atoms with E-state index >= 15 is 0 Å². The van der Waals surface area contributed by atoms with E-state index < -0.39 is 17.3 Å². The van der Waals surface area contributed by atoms with Crippen molar-refractivity contribution in [3.8, 4) is 11.6 Å². The van der Waals surface area contributed by atoms with Gasteiger partial charge in [-0.1, -0.05) is 0 Å². The first kappa shape index (κ1) is 12.5. The lowest BCUT2D eigenvalue weighted by atomic mass is 10.2. The van der Waals surface area contributed by atoms with Gasteiger partial charge in [0, 0.05) is 6.07 Å². The molecule has 20 heavy (non-hydrogen) atoms. The molecular formula is C13H7FN2O3S. The predicted octanol–water partition coefficient (Wildman–Crippen LogP) is 3.32. The van der Waals surface area contributed by atoms with Crippen LogP contribution in [-0.2, 0) is 0 Å². The number of aromatic nitrogens is 2. The monoisotopic (exact) mass is 290 g/mol. The van der Waals surface area contributed by atoms with Crippen LogP contribution in [0.3, 0.4) is 0 Å². The first-order valence-electron chi connectivity index (χ1n) is 5.54. The summed E-state index contributed by atoms with van der Waals surface area (Å²) in [5.41, 5.74) is -0.402. The molecule has 0 fully saturated rings. The molecule has 7 heteroatoms. The van der Waals surface area contributed by atoms with E-state index in [9.17, 15) is 9.18 Å². The number of halogens is 1. The molecule has 0 aliphatic heterocycles. The van der Waals surface area contributed by atoms with Gasteiger partial charge in [0.25, 0.3) is 0 Å². The molecule has 0 atom stereocenters. The second-order valence-corrected chi connectivity index (χ2v) is 4.76. The largest absolute Gasteiger partial charge is 0.478 e. The maximum atomic E-state index is 13.6. The third-order valence-electron chi connectivity index (χ3n) is 2.61. The highest BCUT2D eigenvalue weighted by Crippen LogP contribution is 2.29. The van der Waals surface area contributed by atoms with E-state index in [1.165, 1.54) is 23.7 Å². The molecule has 0 aliphatic carbocycles. The summed E-state index contributed by atoms with van der Waals surface area (Å²) in [6.07, 6.45) is 1.36. The number of carbonyl (C=O) groups is 1. The molecular weight excluding hydrogens is 283 g/mol. The first-order valence-corrected chi connectivity index (χ1v) is 6.42. The summed E-state index contributed by atoms with van der Waals surface area (Å²) in [5.74, 6) is -1.70. The summed E-state index contributed by atoms with van der Waals surface area (Å²) in [6, 6.07) is 5.35. The minimum atomic E-state index is -1.32. The summed E-state index contributed by atoms with van der Waals surface area (Å²) in [4.78, 5) is 19.6. The Balaban J connectivity index is 1.97. The van der Waals surface area contributed by atoms with Crippen LogP contribution in [0.1, 0.15) is 10.4 Å². The Labute approximate surface area is 116 Å². The fourth-order valence-electron chi connectivity index (χ4n) is 1.69. The maximum absolute atomic E-state index is 13.6. The Hall–Kier alpha value is -2.54. The van der Waals surface area contributed by atoms with Gasteiger partial charge in [0.15, 0.2) is 0 Å². The van der Waals surface area contributed by atoms with E-state index in [4.69, 9.17) is 9.84 Å². The van der Waals surface area contributed by atoms with Crippen molar-refractivity contribution in [2.75, 3.05) is 0 Å². The van der Waals surface area contributed by atoms with Crippen molar-refractivity contribution in [3.63, 3.8) is 0 Å². The van der Waals surface area contributed by atoms with Crippen molar-refractivity contribution in [1.29, 1.82) is 0 Å². The van der Waals surface area contributed by atoms with Gasteiger partial charge in [0.1, 0.15) is 22.7 Å². The number of benzene rings is 1. The molecule has 0 bridgehead atoms. The van der Waals surface area contributed by atoms with E-state index in [1.807, 2.05) is 5.38 Å². The van der Waals surface area contributed by atoms with Gasteiger partial charge < -0.3 is 9.84 Å². The lowest BCUT2D eigenvalue weighted by molar-refractivity contribution is 0.0692. The molecule has 3 aromatic rings. The third-order valence-corrected chi connectivity index (χ3v) is 3.43. The third kappa shape index (κ3) is 2.19. The summed E-state index contributed by atoms with van der Waals surface area (Å²) in [6.45, 7) is 0. The number of rotatable bonds is 3. The number of aromatic carboxylic acids is 1. The van der Waals surface area contributed by atoms with Crippen molar-refractivity contribution in [2.45, 2.75) is 0 Å². The smallest absolute Gasteiger partial charge is 0.338 e. The zero-order valence-corrected chi connectivity index (χ0v) is 10.7. The Morgan fingerprint density at radius 1 is 1.30 bits per heavy atom. The number of ether oxygens (including phenoxy) is 1. The summed E-state index contributed by atoms with van der Waals surface area (Å²) < 4.78 is 19.1. The molecule has 1 N–H and O–H groups in total. The maximum Gasteiger partial charge on any atom is 0.338 e. The molecule has 0 aliphatic rings. The van der Waals surface area contributed by atoms with Crippen molar-refractivity contribution in [3.05, 3.63) is 47.4 Å². The van der Waals surface area contributed by atoms with Crippen molar-refractivity contribution < 1.29 is 19.0 Å². The lowest BCUT2D eigenvalue weighted by Gasteiger charge is -2.06. The van der Waals surface area contributed by atoms with Gasteiger partial charge in [0.05, 0.1) is 10.9 Å². The first-order chi connectivity index (χ1) is 9.65. The number of thiophene rings is 1. The van der Waals surface area contributed by atoms with Gasteiger partial charge in [-0.05, 0) is 23.6 Å². The minimum Gasteiger partial charge on any atom is -0.478 e. The SMILES string of the molecule is O=C(O)c1ccc(Oc2ncnc3sccc23)cc1F. The van der Waals surface area contributed by atoms with Crippen molar-refractivity contribution >= 4 is 27.5 Å². The van der Waals surface area contributed by atoms with Crippen LogP contribution in [0.2, 0.25) is 0 Å². The van der Waals surface area contributed by atoms with Gasteiger partial charge in [-0.2, -0.15) is 0 Å². The molecule has 0 spiro atoms. The average Bonchev–Trinajstić information content (AvgIpc) is 2.87. The molecule has 2 heterocycles. The lowest BCUT2D eigenvalue weighted by Crippen LogP contribution is -2.00. The number of hydrogen-bond donors (Lipinski definition) is 1. The molecule has 0 amide bonds. The molecule has 3 rings (SSSR count). The average molecular weight is 290 g/mol. The second kappa shape index (κ2) is 4.86. The summed E-state index contributed by atoms with van der Waals surface area (Å²) in [5, 5.41) is 11.3. The van der Waals surface area contributed by atoms with Gasteiger partial charge in [-0.3, -0.25) is 0 Å². The van der Waals surface area contributed by atoms with Crippen LogP contribution in [-0.4, -0.2) is 21.0 Å². The van der Waals surface area contributed by atoms with Crippen LogP contribution < -0.4 is 4.74 Å². The predicted molar refractivity (Wildman–Crippen MR) is 70.8 cm³/mol. The van der Waals surface area contributed by atoms with Crippen molar-refractivity contribution in [2.24, 2.45) is 0 Å². The summed E-state index contributed by atoms with van der Waals surface area (Å²) in [7, 11) is 0. The Morgan fingerprint density at radius 3 is 2.90 bits per heavy atom. The second-order valence-electron chi connectivity index (χ2n) is 3.87. The van der Waals surface area contributed by atoms with Crippen LogP contribution in [0.25, 0.3) is 10.2 Å². The van der Waals surface area contributed by atoms with Crippen molar-refractivity contribution in [1.82, 2.24) is 9.97 Å². The topological polar surface area (TPSA) is 72.3 Å². The Kier molecular flexibility index (Phi) is 3.03. The number of hydrogen-bond acceptors (Lipinski definition) is 5. The molecule has 0 saturated heterocycles. The summed E-state index contributed by atoms with van der Waals surface area (Å²) >= 11 is 1.44. The van der Waals surface area contributed by atoms with E-state index in [0.29, 0.717) is 5.88 Å². The fourth-order valence-corrected chi connectivity index (χ4v) is 2.42. The van der Waals surface area contributed by atoms with Crippen LogP contribution >= 0.6 is 11.3 Å². The zero-order chi connectivity index (χ0) is 14.1. The van der Waals surface area contributed by atoms with Crippen LogP contribution in [0, 0.1) is 5.82 Å². The van der Waals surface area contributed by atoms with Gasteiger partial charge >= 0.3 is 5.97 Å². The van der Waals surface area contributed by atoms with E-state index in [2.05, 4.69) is 9.97 Å². The highest BCUT2D eigenvalue weighted by molar-refractivity contribution is 7.16. The normalized spacial score (nSPS) is 10.7. The zero-order valence-electron chi connectivity index (χ0n) is 9.91. The fraction of sp³-hybridized carbons (Fsp3) is 0. The van der Waals surface area contributed by atoms with E-state index in [0.717, 1.165) is 22.3 Å². The highest BCUT2D eigenvalue weighted by atomic mass is 32.1. The number of carboxylic acids is 1. The molecule has 0 saturated carbocycles.